The smallest absolute Gasteiger partial charge is 0.0904 e. The fourth-order valence-electron chi connectivity index (χ4n) is 2.72. The zero-order chi connectivity index (χ0) is 13.0. The minimum absolute atomic E-state index is 0.271. The molecule has 1 fully saturated rings. The number of hydrogen-bond donors (Lipinski definition) is 1. The Balaban J connectivity index is 2.23. The van der Waals surface area contributed by atoms with E-state index in [1.807, 2.05) is 18.4 Å². The van der Waals surface area contributed by atoms with Gasteiger partial charge in [-0.1, -0.05) is 6.92 Å². The number of rotatable bonds is 5. The number of thiophene rings is 1. The van der Waals surface area contributed by atoms with Crippen LogP contribution in [0.5, 0.6) is 0 Å². The van der Waals surface area contributed by atoms with Gasteiger partial charge in [0.15, 0.2) is 0 Å². The summed E-state index contributed by atoms with van der Waals surface area (Å²) in [6.45, 7) is 8.44. The molecule has 0 bridgehead atoms. The summed E-state index contributed by atoms with van der Waals surface area (Å²) in [6, 6.07) is 2.64. The maximum absolute atomic E-state index is 5.99. The summed E-state index contributed by atoms with van der Waals surface area (Å²) < 4.78 is 5.99. The van der Waals surface area contributed by atoms with Gasteiger partial charge in [-0.15, -0.1) is 11.3 Å². The van der Waals surface area contributed by atoms with Crippen LogP contribution in [0.15, 0.2) is 11.4 Å². The van der Waals surface area contributed by atoms with Gasteiger partial charge < -0.3 is 10.1 Å². The van der Waals surface area contributed by atoms with Crippen molar-refractivity contribution in [3.63, 3.8) is 0 Å². The molecule has 1 N–H and O–H groups in total. The first kappa shape index (κ1) is 14.0. The van der Waals surface area contributed by atoms with Gasteiger partial charge in [-0.3, -0.25) is 4.90 Å². The van der Waals surface area contributed by atoms with Crippen LogP contribution in [0.4, 0.5) is 0 Å². The maximum Gasteiger partial charge on any atom is 0.0904 e. The summed E-state index contributed by atoms with van der Waals surface area (Å²) in [6.07, 6.45) is 1.47. The molecular formula is C14H24N2OS. The molecule has 0 amide bonds. The van der Waals surface area contributed by atoms with E-state index >= 15 is 0 Å². The quantitative estimate of drug-likeness (QED) is 0.887. The maximum atomic E-state index is 5.99. The number of aryl methyl sites for hydroxylation is 1. The number of likely N-dealkylation sites (N-methyl/N-ethyl adjacent to an activating group) is 1. The van der Waals surface area contributed by atoms with Crippen molar-refractivity contribution in [2.45, 2.75) is 32.4 Å². The number of hydrogen-bond acceptors (Lipinski definition) is 4. The number of nitrogens with one attached hydrogen (secondary N) is 1. The van der Waals surface area contributed by atoms with Gasteiger partial charge in [0, 0.05) is 18.0 Å². The van der Waals surface area contributed by atoms with Gasteiger partial charge in [0.25, 0.3) is 0 Å². The lowest BCUT2D eigenvalue weighted by atomic mass is 10.0. The first-order valence-corrected chi connectivity index (χ1v) is 7.70. The first-order valence-electron chi connectivity index (χ1n) is 6.82. The lowest BCUT2D eigenvalue weighted by molar-refractivity contribution is -0.0694. The molecule has 0 radical (unpaired) electrons. The zero-order valence-electron chi connectivity index (χ0n) is 11.6. The summed E-state index contributed by atoms with van der Waals surface area (Å²) in [5, 5.41) is 5.46. The standard InChI is InChI=1S/C14H24N2OS/c1-4-6-16-7-8-17-12(10-15-3)13(16)14-11(2)5-9-18-14/h5,9,12-13,15H,4,6-8,10H2,1-3H3. The van der Waals surface area contributed by atoms with Gasteiger partial charge in [-0.25, -0.2) is 0 Å². The highest BCUT2D eigenvalue weighted by Crippen LogP contribution is 2.34. The van der Waals surface area contributed by atoms with E-state index in [0.717, 1.165) is 26.2 Å². The van der Waals surface area contributed by atoms with Gasteiger partial charge in [0.05, 0.1) is 18.8 Å². The Morgan fingerprint density at radius 2 is 2.39 bits per heavy atom. The average molecular weight is 268 g/mol. The van der Waals surface area contributed by atoms with Crippen molar-refractivity contribution < 1.29 is 4.74 Å². The van der Waals surface area contributed by atoms with Crippen LogP contribution in [0, 0.1) is 6.92 Å². The molecule has 2 unspecified atom stereocenters. The van der Waals surface area contributed by atoms with E-state index in [9.17, 15) is 0 Å². The molecule has 1 saturated heterocycles. The molecular weight excluding hydrogens is 244 g/mol. The molecule has 0 aliphatic carbocycles. The third kappa shape index (κ3) is 2.94. The van der Waals surface area contributed by atoms with E-state index in [1.165, 1.54) is 16.9 Å². The van der Waals surface area contributed by atoms with E-state index in [1.54, 1.807) is 0 Å². The summed E-state index contributed by atoms with van der Waals surface area (Å²) >= 11 is 1.87. The Morgan fingerprint density at radius 1 is 1.56 bits per heavy atom. The molecule has 1 aliphatic heterocycles. The van der Waals surface area contributed by atoms with Gasteiger partial charge >= 0.3 is 0 Å². The fraction of sp³-hybridized carbons (Fsp3) is 0.714. The van der Waals surface area contributed by atoms with Crippen LogP contribution < -0.4 is 5.32 Å². The van der Waals surface area contributed by atoms with Crippen molar-refractivity contribution in [1.82, 2.24) is 10.2 Å². The largest absolute Gasteiger partial charge is 0.374 e. The molecule has 1 aromatic rings. The highest BCUT2D eigenvalue weighted by atomic mass is 32.1. The van der Waals surface area contributed by atoms with Crippen LogP contribution in [0.2, 0.25) is 0 Å². The highest BCUT2D eigenvalue weighted by molar-refractivity contribution is 7.10. The lowest BCUT2D eigenvalue weighted by Gasteiger charge is -2.41. The second kappa shape index (κ2) is 6.66. The van der Waals surface area contributed by atoms with Crippen molar-refractivity contribution in [1.29, 1.82) is 0 Å². The minimum Gasteiger partial charge on any atom is -0.374 e. The number of nitrogens with zero attached hydrogens (tertiary/aromatic N) is 1. The van der Waals surface area contributed by atoms with Crippen LogP contribution in [0.25, 0.3) is 0 Å². The average Bonchev–Trinajstić information content (AvgIpc) is 2.77. The second-order valence-electron chi connectivity index (χ2n) is 4.92. The highest BCUT2D eigenvalue weighted by Gasteiger charge is 2.34. The summed E-state index contributed by atoms with van der Waals surface area (Å²) in [5.41, 5.74) is 1.40. The van der Waals surface area contributed by atoms with Crippen molar-refractivity contribution in [2.75, 3.05) is 33.3 Å². The van der Waals surface area contributed by atoms with Crippen molar-refractivity contribution in [2.24, 2.45) is 0 Å². The normalized spacial score (nSPS) is 25.5. The SMILES string of the molecule is CCCN1CCOC(CNC)C1c1sccc1C. The molecule has 4 heteroatoms. The molecule has 3 nitrogen and oxygen atoms in total. The van der Waals surface area contributed by atoms with Gasteiger partial charge in [-0.2, -0.15) is 0 Å². The molecule has 1 aromatic heterocycles. The van der Waals surface area contributed by atoms with Crippen molar-refractivity contribution in [3.8, 4) is 0 Å². The molecule has 0 saturated carbocycles. The van der Waals surface area contributed by atoms with Crippen LogP contribution in [0.3, 0.4) is 0 Å². The monoisotopic (exact) mass is 268 g/mol. The third-order valence-corrected chi connectivity index (χ3v) is 4.63. The van der Waals surface area contributed by atoms with Gasteiger partial charge in [0.2, 0.25) is 0 Å². The third-order valence-electron chi connectivity index (χ3n) is 3.54. The van der Waals surface area contributed by atoms with Crippen molar-refractivity contribution >= 4 is 11.3 Å². The molecule has 102 valence electrons. The Kier molecular flexibility index (Phi) is 5.18. The Morgan fingerprint density at radius 3 is 3.00 bits per heavy atom. The van der Waals surface area contributed by atoms with E-state index in [0.29, 0.717) is 6.04 Å². The van der Waals surface area contributed by atoms with E-state index in [-0.39, 0.29) is 6.10 Å². The topological polar surface area (TPSA) is 24.5 Å². The summed E-state index contributed by atoms with van der Waals surface area (Å²) in [5.74, 6) is 0. The van der Waals surface area contributed by atoms with Crippen molar-refractivity contribution in [3.05, 3.63) is 21.9 Å². The number of morpholine rings is 1. The van der Waals surface area contributed by atoms with E-state index in [2.05, 4.69) is 35.5 Å². The molecule has 2 rings (SSSR count). The molecule has 0 aromatic carbocycles. The zero-order valence-corrected chi connectivity index (χ0v) is 12.4. The molecule has 0 spiro atoms. The molecule has 18 heavy (non-hydrogen) atoms. The predicted molar refractivity (Wildman–Crippen MR) is 77.3 cm³/mol. The second-order valence-corrected chi connectivity index (χ2v) is 5.86. The predicted octanol–water partition coefficient (Wildman–Crippen LogP) is 2.43. The van der Waals surface area contributed by atoms with E-state index in [4.69, 9.17) is 4.74 Å². The summed E-state index contributed by atoms with van der Waals surface area (Å²) in [7, 11) is 2.00. The fourth-order valence-corrected chi connectivity index (χ4v) is 3.83. The van der Waals surface area contributed by atoms with E-state index < -0.39 is 0 Å². The van der Waals surface area contributed by atoms with Crippen LogP contribution in [-0.2, 0) is 4.74 Å². The molecule has 2 atom stereocenters. The minimum atomic E-state index is 0.271. The van der Waals surface area contributed by atoms with Crippen LogP contribution >= 0.6 is 11.3 Å². The first-order chi connectivity index (χ1) is 8.77. The molecule has 1 aliphatic rings. The van der Waals surface area contributed by atoms with Gasteiger partial charge in [0.1, 0.15) is 0 Å². The van der Waals surface area contributed by atoms with Gasteiger partial charge in [-0.05, 0) is 43.9 Å². The van der Waals surface area contributed by atoms with Crippen LogP contribution in [-0.4, -0.2) is 44.3 Å². The Labute approximate surface area is 114 Å². The lowest BCUT2D eigenvalue weighted by Crippen LogP contribution is -2.48. The number of ether oxygens (including phenoxy) is 1. The molecule has 2 heterocycles. The van der Waals surface area contributed by atoms with Crippen LogP contribution in [0.1, 0.15) is 29.8 Å². The Hall–Kier alpha value is -0.420. The summed E-state index contributed by atoms with van der Waals surface area (Å²) in [4.78, 5) is 4.06. The Bertz CT molecular complexity index is 348.